The van der Waals surface area contributed by atoms with Crippen molar-refractivity contribution in [1.29, 1.82) is 0 Å². The van der Waals surface area contributed by atoms with E-state index in [-0.39, 0.29) is 11.7 Å². The number of aromatic hydroxyl groups is 1. The molecule has 0 saturated carbocycles. The first-order valence-electron chi connectivity index (χ1n) is 6.57. The Morgan fingerprint density at radius 2 is 2.05 bits per heavy atom. The Bertz CT molecular complexity index is 702. The highest BCUT2D eigenvalue weighted by Gasteiger charge is 2.32. The Balaban J connectivity index is 1.90. The number of phenols is 1. The number of ether oxygens (including phenoxy) is 1. The number of hydrogen-bond acceptors (Lipinski definition) is 3. The number of carbonyl (C=O) groups excluding carboxylic acids is 1. The van der Waals surface area contributed by atoms with Crippen LogP contribution in [0.25, 0.3) is 0 Å². The lowest BCUT2D eigenvalue weighted by atomic mass is 10.0. The van der Waals surface area contributed by atoms with E-state index in [0.717, 1.165) is 5.56 Å². The smallest absolute Gasteiger partial charge is 0.268 e. The van der Waals surface area contributed by atoms with Crippen molar-refractivity contribution in [2.45, 2.75) is 12.5 Å². The molecule has 0 spiro atoms. The van der Waals surface area contributed by atoms with Gasteiger partial charge < -0.3 is 14.7 Å². The van der Waals surface area contributed by atoms with E-state index in [1.165, 1.54) is 17.0 Å². The molecular weight excluding hydrogens is 290 g/mol. The lowest BCUT2D eigenvalue weighted by Gasteiger charge is -2.32. The highest BCUT2D eigenvalue weighted by molar-refractivity contribution is 6.31. The lowest BCUT2D eigenvalue weighted by Crippen LogP contribution is -2.44. The Kier molecular flexibility index (Phi) is 3.47. The minimum Gasteiger partial charge on any atom is -0.508 e. The summed E-state index contributed by atoms with van der Waals surface area (Å²) in [5, 5.41) is 10.1. The van der Waals surface area contributed by atoms with Crippen molar-refractivity contribution in [3.05, 3.63) is 53.1 Å². The van der Waals surface area contributed by atoms with Crippen LogP contribution in [0.1, 0.15) is 5.56 Å². The van der Waals surface area contributed by atoms with Gasteiger partial charge in [0.25, 0.3) is 5.91 Å². The summed E-state index contributed by atoms with van der Waals surface area (Å²) in [6, 6.07) is 12.1. The van der Waals surface area contributed by atoms with E-state index in [9.17, 15) is 9.90 Å². The topological polar surface area (TPSA) is 49.8 Å². The average molecular weight is 304 g/mol. The van der Waals surface area contributed by atoms with Crippen molar-refractivity contribution in [1.82, 2.24) is 0 Å². The van der Waals surface area contributed by atoms with E-state index < -0.39 is 6.10 Å². The molecule has 0 fully saturated rings. The van der Waals surface area contributed by atoms with Crippen LogP contribution in [0.4, 0.5) is 5.69 Å². The second-order valence-electron chi connectivity index (χ2n) is 4.95. The molecule has 0 saturated heterocycles. The minimum atomic E-state index is -0.619. The number of halogens is 1. The number of carbonyl (C=O) groups is 1. The molecule has 1 unspecified atom stereocenters. The van der Waals surface area contributed by atoms with E-state index in [4.69, 9.17) is 16.3 Å². The zero-order valence-corrected chi connectivity index (χ0v) is 12.2. The summed E-state index contributed by atoms with van der Waals surface area (Å²) in [6.45, 7) is 0. The molecule has 3 rings (SSSR count). The molecule has 1 amide bonds. The summed E-state index contributed by atoms with van der Waals surface area (Å²) in [7, 11) is 1.67. The van der Waals surface area contributed by atoms with E-state index in [2.05, 4.69) is 0 Å². The van der Waals surface area contributed by atoms with Gasteiger partial charge >= 0.3 is 0 Å². The molecule has 5 heteroatoms. The molecule has 1 atom stereocenters. The number of anilines is 1. The van der Waals surface area contributed by atoms with Crippen molar-refractivity contribution in [2.75, 3.05) is 11.9 Å². The first-order valence-corrected chi connectivity index (χ1v) is 6.94. The highest BCUT2D eigenvalue weighted by atomic mass is 35.5. The van der Waals surface area contributed by atoms with E-state index in [1.807, 2.05) is 18.2 Å². The van der Waals surface area contributed by atoms with Crippen LogP contribution < -0.4 is 9.64 Å². The van der Waals surface area contributed by atoms with Gasteiger partial charge in [-0.05, 0) is 23.8 Å². The predicted molar refractivity (Wildman–Crippen MR) is 81.1 cm³/mol. The van der Waals surface area contributed by atoms with Gasteiger partial charge in [-0.25, -0.2) is 0 Å². The van der Waals surface area contributed by atoms with Crippen LogP contribution in [-0.4, -0.2) is 24.2 Å². The molecule has 1 aliphatic heterocycles. The first kappa shape index (κ1) is 13.8. The quantitative estimate of drug-likeness (QED) is 0.928. The second-order valence-corrected chi connectivity index (χ2v) is 5.36. The second kappa shape index (κ2) is 5.30. The molecule has 1 aliphatic rings. The number of nitrogens with zero attached hydrogens (tertiary/aromatic N) is 1. The maximum atomic E-state index is 12.4. The molecule has 0 radical (unpaired) electrons. The van der Waals surface area contributed by atoms with Gasteiger partial charge in [-0.15, -0.1) is 0 Å². The zero-order chi connectivity index (χ0) is 15.0. The molecule has 2 aromatic carbocycles. The summed E-state index contributed by atoms with van der Waals surface area (Å²) >= 11 is 6.14. The van der Waals surface area contributed by atoms with Gasteiger partial charge in [0.05, 0.1) is 5.69 Å². The molecule has 4 nitrogen and oxygen atoms in total. The number of amides is 1. The Hall–Kier alpha value is -2.20. The van der Waals surface area contributed by atoms with E-state index >= 15 is 0 Å². The number of fused-ring (bicyclic) bond motifs is 1. The lowest BCUT2D eigenvalue weighted by molar-refractivity contribution is -0.125. The van der Waals surface area contributed by atoms with Crippen molar-refractivity contribution in [3.63, 3.8) is 0 Å². The molecule has 2 aromatic rings. The fourth-order valence-corrected chi connectivity index (χ4v) is 2.61. The van der Waals surface area contributed by atoms with Gasteiger partial charge in [-0.1, -0.05) is 29.8 Å². The van der Waals surface area contributed by atoms with Crippen LogP contribution in [0, 0.1) is 0 Å². The van der Waals surface area contributed by atoms with Gasteiger partial charge in [-0.3, -0.25) is 4.79 Å². The van der Waals surface area contributed by atoms with Crippen molar-refractivity contribution >= 4 is 23.2 Å². The predicted octanol–water partition coefficient (Wildman–Crippen LogP) is 3.01. The summed E-state index contributed by atoms with van der Waals surface area (Å²) < 4.78 is 5.77. The van der Waals surface area contributed by atoms with E-state index in [0.29, 0.717) is 22.9 Å². The Labute approximate surface area is 127 Å². The fourth-order valence-electron chi connectivity index (χ4n) is 2.40. The summed E-state index contributed by atoms with van der Waals surface area (Å²) in [5.41, 5.74) is 1.43. The molecule has 0 aliphatic carbocycles. The summed E-state index contributed by atoms with van der Waals surface area (Å²) in [6.07, 6.45) is -0.213. The van der Waals surface area contributed by atoms with Crippen LogP contribution in [0.5, 0.6) is 11.5 Å². The monoisotopic (exact) mass is 303 g/mol. The van der Waals surface area contributed by atoms with E-state index in [1.54, 1.807) is 19.2 Å². The van der Waals surface area contributed by atoms with Crippen molar-refractivity contribution in [2.24, 2.45) is 0 Å². The van der Waals surface area contributed by atoms with Crippen LogP contribution in [0.15, 0.2) is 42.5 Å². The van der Waals surface area contributed by atoms with Gasteiger partial charge in [0.15, 0.2) is 6.10 Å². The zero-order valence-electron chi connectivity index (χ0n) is 11.4. The average Bonchev–Trinajstić information content (AvgIpc) is 2.47. The normalized spacial score (nSPS) is 17.3. The fraction of sp³-hybridized carbons (Fsp3) is 0.188. The molecule has 0 bridgehead atoms. The summed E-state index contributed by atoms with van der Waals surface area (Å²) in [4.78, 5) is 13.9. The molecule has 1 heterocycles. The van der Waals surface area contributed by atoms with Crippen molar-refractivity contribution in [3.8, 4) is 11.5 Å². The summed E-state index contributed by atoms with van der Waals surface area (Å²) in [5.74, 6) is 0.515. The third-order valence-electron chi connectivity index (χ3n) is 3.54. The number of likely N-dealkylation sites (N-methyl/N-ethyl adjacent to an activating group) is 1. The van der Waals surface area contributed by atoms with Gasteiger partial charge in [-0.2, -0.15) is 0 Å². The Morgan fingerprint density at radius 3 is 2.81 bits per heavy atom. The number of phenolic OH excluding ortho intramolecular Hbond substituents is 1. The third-order valence-corrected chi connectivity index (χ3v) is 3.91. The van der Waals surface area contributed by atoms with Gasteiger partial charge in [0, 0.05) is 24.6 Å². The van der Waals surface area contributed by atoms with Crippen LogP contribution in [-0.2, 0) is 11.2 Å². The largest absolute Gasteiger partial charge is 0.508 e. The molecule has 0 aromatic heterocycles. The van der Waals surface area contributed by atoms with Gasteiger partial charge in [0.2, 0.25) is 0 Å². The number of hydrogen-bond donors (Lipinski definition) is 1. The third kappa shape index (κ3) is 2.54. The molecular formula is C16H14ClNO3. The SMILES string of the molecule is CN1C(=O)C(Cc2ccccc2Cl)Oc2ccc(O)cc21. The maximum absolute atomic E-state index is 12.4. The van der Waals surface area contributed by atoms with Crippen LogP contribution >= 0.6 is 11.6 Å². The minimum absolute atomic E-state index is 0.0987. The number of benzene rings is 2. The number of rotatable bonds is 2. The van der Waals surface area contributed by atoms with Crippen molar-refractivity contribution < 1.29 is 14.6 Å². The van der Waals surface area contributed by atoms with Crippen LogP contribution in [0.2, 0.25) is 5.02 Å². The highest BCUT2D eigenvalue weighted by Crippen LogP contribution is 2.36. The Morgan fingerprint density at radius 1 is 1.29 bits per heavy atom. The molecule has 21 heavy (non-hydrogen) atoms. The molecule has 1 N–H and O–H groups in total. The van der Waals surface area contributed by atoms with Crippen LogP contribution in [0.3, 0.4) is 0 Å². The maximum Gasteiger partial charge on any atom is 0.268 e. The van der Waals surface area contributed by atoms with Gasteiger partial charge in [0.1, 0.15) is 11.5 Å². The molecule has 108 valence electrons. The standard InChI is InChI=1S/C16H14ClNO3/c1-18-13-9-11(19)6-7-14(13)21-15(16(18)20)8-10-4-2-3-5-12(10)17/h2-7,9,15,19H,8H2,1H3. The first-order chi connectivity index (χ1) is 10.1.